The van der Waals surface area contributed by atoms with Gasteiger partial charge in [0.15, 0.2) is 31.2 Å². The normalized spacial score (nSPS) is 31.4. The minimum atomic E-state index is -1.84. The zero-order valence-corrected chi connectivity index (χ0v) is 18.6. The first-order valence-electron chi connectivity index (χ1n) is 8.01. The predicted octanol–water partition coefficient (Wildman–Crippen LogP) is 3.00. The lowest BCUT2D eigenvalue weighted by Crippen LogP contribution is -2.61. The van der Waals surface area contributed by atoms with Gasteiger partial charge >= 0.3 is 0 Å². The van der Waals surface area contributed by atoms with E-state index in [0.29, 0.717) is 6.61 Å². The molecule has 0 aromatic rings. The molecule has 5 nitrogen and oxygen atoms in total. The Labute approximate surface area is 138 Å². The molecule has 8 heteroatoms. The third kappa shape index (κ3) is 7.35. The van der Waals surface area contributed by atoms with Gasteiger partial charge in [0, 0.05) is 0 Å². The molecule has 0 spiro atoms. The van der Waals surface area contributed by atoms with Crippen molar-refractivity contribution in [1.29, 1.82) is 0 Å². The molecule has 0 aliphatic carbocycles. The summed E-state index contributed by atoms with van der Waals surface area (Å²) in [6, 6.07) is 0. The first-order chi connectivity index (χ1) is 9.68. The molecule has 1 rings (SSSR count). The Kier molecular flexibility index (Phi) is 6.65. The van der Waals surface area contributed by atoms with Gasteiger partial charge in [0.05, 0.1) is 12.7 Å². The van der Waals surface area contributed by atoms with Crippen molar-refractivity contribution in [1.82, 2.24) is 0 Å². The van der Waals surface area contributed by atoms with E-state index >= 15 is 0 Å². The van der Waals surface area contributed by atoms with E-state index in [9.17, 15) is 5.11 Å². The molecular weight excluding hydrogens is 332 g/mol. The second-order valence-electron chi connectivity index (χ2n) is 8.88. The zero-order valence-electron chi connectivity index (χ0n) is 15.6. The summed E-state index contributed by atoms with van der Waals surface area (Å²) in [5.74, 6) is 0. The third-order valence-electron chi connectivity index (χ3n) is 2.89. The minimum Gasteiger partial charge on any atom is -0.410 e. The summed E-state index contributed by atoms with van der Waals surface area (Å²) < 4.78 is 24.3. The van der Waals surface area contributed by atoms with Gasteiger partial charge in [-0.1, -0.05) is 0 Å². The van der Waals surface area contributed by atoms with Gasteiger partial charge in [-0.05, 0) is 58.9 Å². The molecule has 1 aliphatic rings. The van der Waals surface area contributed by atoms with Crippen molar-refractivity contribution in [3.8, 4) is 0 Å². The van der Waals surface area contributed by atoms with Crippen LogP contribution in [0.1, 0.15) is 0 Å². The molecule has 1 fully saturated rings. The predicted molar refractivity (Wildman–Crippen MR) is 96.6 cm³/mol. The fourth-order valence-electron chi connectivity index (χ4n) is 2.40. The lowest BCUT2D eigenvalue weighted by molar-refractivity contribution is -0.240. The van der Waals surface area contributed by atoms with Gasteiger partial charge in [-0.15, -0.1) is 0 Å². The van der Waals surface area contributed by atoms with Crippen LogP contribution in [0.5, 0.6) is 0 Å². The Hall–Kier alpha value is 0.451. The van der Waals surface area contributed by atoms with Gasteiger partial charge in [-0.3, -0.25) is 0 Å². The molecule has 0 unspecified atom stereocenters. The van der Waals surface area contributed by atoms with E-state index < -0.39 is 37.3 Å². The number of hydrogen-bond donors (Lipinski definition) is 1. The Bertz CT molecular complexity index is 359. The quantitative estimate of drug-likeness (QED) is 0.732. The molecule has 0 radical (unpaired) electrons. The Morgan fingerprint density at radius 2 is 1.14 bits per heavy atom. The van der Waals surface area contributed by atoms with Crippen LogP contribution in [0.15, 0.2) is 0 Å². The Morgan fingerprint density at radius 3 is 1.55 bits per heavy atom. The van der Waals surface area contributed by atoms with Crippen molar-refractivity contribution in [2.75, 3.05) is 6.61 Å². The van der Waals surface area contributed by atoms with E-state index in [2.05, 4.69) is 58.9 Å². The maximum absolute atomic E-state index is 10.3. The number of hydrogen-bond acceptors (Lipinski definition) is 5. The molecule has 22 heavy (non-hydrogen) atoms. The summed E-state index contributed by atoms with van der Waals surface area (Å²) in [4.78, 5) is 0. The second-order valence-corrected chi connectivity index (χ2v) is 22.3. The number of ether oxygens (including phenoxy) is 1. The Morgan fingerprint density at radius 1 is 0.727 bits per heavy atom. The maximum Gasteiger partial charge on any atom is 0.184 e. The van der Waals surface area contributed by atoms with E-state index in [1.807, 2.05) is 0 Å². The minimum absolute atomic E-state index is 0.178. The summed E-state index contributed by atoms with van der Waals surface area (Å²) in [6.45, 7) is 19.6. The molecule has 1 N–H and O–H groups in total. The Balaban J connectivity index is 3.01. The molecule has 1 saturated heterocycles. The topological polar surface area (TPSA) is 57.2 Å². The van der Waals surface area contributed by atoms with E-state index in [0.717, 1.165) is 0 Å². The average molecular weight is 367 g/mol. The smallest absolute Gasteiger partial charge is 0.184 e. The standard InChI is InChI=1S/C14H34O5Si3/c1-20(2,3)17-11-10-16-14(15)13(19-22(7,8)9)12(11)18-21(4,5)6/h11-15H,10H2,1-9H3/t11-,12-,13+,14+/m0/s1. The van der Waals surface area contributed by atoms with Crippen LogP contribution in [-0.2, 0) is 18.0 Å². The third-order valence-corrected chi connectivity index (χ3v) is 5.86. The second kappa shape index (κ2) is 7.14. The fraction of sp³-hybridized carbons (Fsp3) is 1.00. The van der Waals surface area contributed by atoms with Gasteiger partial charge in [0.25, 0.3) is 0 Å². The van der Waals surface area contributed by atoms with Crippen LogP contribution >= 0.6 is 0 Å². The summed E-state index contributed by atoms with van der Waals surface area (Å²) >= 11 is 0. The highest BCUT2D eigenvalue weighted by atomic mass is 28.4. The van der Waals surface area contributed by atoms with Gasteiger partial charge in [0.1, 0.15) is 12.2 Å². The van der Waals surface area contributed by atoms with Crippen LogP contribution in [0, 0.1) is 0 Å². The van der Waals surface area contributed by atoms with Gasteiger partial charge in [-0.25, -0.2) is 0 Å². The average Bonchev–Trinajstić information content (AvgIpc) is 2.22. The summed E-state index contributed by atoms with van der Waals surface area (Å²) in [6.07, 6.45) is -1.87. The lowest BCUT2D eigenvalue weighted by Gasteiger charge is -2.46. The molecular formula is C14H34O5Si3. The number of aliphatic hydroxyl groups is 1. The van der Waals surface area contributed by atoms with Gasteiger partial charge in [0.2, 0.25) is 0 Å². The molecule has 0 saturated carbocycles. The molecule has 0 bridgehead atoms. The van der Waals surface area contributed by atoms with Crippen LogP contribution in [0.4, 0.5) is 0 Å². The lowest BCUT2D eigenvalue weighted by atomic mass is 10.1. The van der Waals surface area contributed by atoms with Crippen molar-refractivity contribution >= 4 is 25.0 Å². The molecule has 4 atom stereocenters. The van der Waals surface area contributed by atoms with E-state index in [4.69, 9.17) is 18.0 Å². The highest BCUT2D eigenvalue weighted by Crippen LogP contribution is 2.29. The SMILES string of the molecule is C[Si](C)(C)O[C@@H]1[C@@H](O[Si](C)(C)C)[C@@H](O[Si](C)(C)C)CO[C@H]1O. The largest absolute Gasteiger partial charge is 0.410 e. The summed E-state index contributed by atoms with van der Waals surface area (Å²) in [7, 11) is -5.39. The molecule has 0 amide bonds. The summed E-state index contributed by atoms with van der Waals surface area (Å²) in [5, 5.41) is 10.3. The highest BCUT2D eigenvalue weighted by molar-refractivity contribution is 6.70. The number of aliphatic hydroxyl groups excluding tert-OH is 1. The molecule has 0 aromatic heterocycles. The highest BCUT2D eigenvalue weighted by Gasteiger charge is 2.46. The first kappa shape index (κ1) is 20.5. The van der Waals surface area contributed by atoms with Crippen LogP contribution in [0.3, 0.4) is 0 Å². The van der Waals surface area contributed by atoms with Crippen molar-refractivity contribution in [3.63, 3.8) is 0 Å². The van der Waals surface area contributed by atoms with Crippen molar-refractivity contribution in [2.24, 2.45) is 0 Å². The maximum atomic E-state index is 10.3. The van der Waals surface area contributed by atoms with Gasteiger partial charge in [-0.2, -0.15) is 0 Å². The van der Waals surface area contributed by atoms with Gasteiger partial charge < -0.3 is 23.1 Å². The van der Waals surface area contributed by atoms with Crippen LogP contribution in [0.25, 0.3) is 0 Å². The van der Waals surface area contributed by atoms with Crippen molar-refractivity contribution in [3.05, 3.63) is 0 Å². The molecule has 132 valence electrons. The van der Waals surface area contributed by atoms with Crippen LogP contribution in [-0.4, -0.2) is 61.3 Å². The van der Waals surface area contributed by atoms with E-state index in [-0.39, 0.29) is 12.2 Å². The van der Waals surface area contributed by atoms with E-state index in [1.165, 1.54) is 0 Å². The van der Waals surface area contributed by atoms with E-state index in [1.54, 1.807) is 0 Å². The van der Waals surface area contributed by atoms with Crippen LogP contribution < -0.4 is 0 Å². The molecule has 1 aliphatic heterocycles. The van der Waals surface area contributed by atoms with Crippen LogP contribution in [0.2, 0.25) is 58.9 Å². The van der Waals surface area contributed by atoms with Crippen molar-refractivity contribution < 1.29 is 23.1 Å². The zero-order chi connectivity index (χ0) is 17.3. The number of rotatable bonds is 6. The first-order valence-corrected chi connectivity index (χ1v) is 18.2. The fourth-order valence-corrected chi connectivity index (χ4v) is 5.68. The molecule has 1 heterocycles. The molecule has 0 aromatic carbocycles. The van der Waals surface area contributed by atoms with Crippen molar-refractivity contribution in [2.45, 2.75) is 83.5 Å². The summed E-state index contributed by atoms with van der Waals surface area (Å²) in [5.41, 5.74) is 0. The monoisotopic (exact) mass is 366 g/mol.